The van der Waals surface area contributed by atoms with E-state index in [1.807, 2.05) is 30.3 Å². The maximum atomic E-state index is 6.48. The van der Waals surface area contributed by atoms with Crippen molar-refractivity contribution in [3.8, 4) is 56.0 Å². The molecule has 0 saturated heterocycles. The Morgan fingerprint density at radius 3 is 1.91 bits per heavy atom. The summed E-state index contributed by atoms with van der Waals surface area (Å²) in [4.78, 5) is 4.85. The van der Waals surface area contributed by atoms with Crippen molar-refractivity contribution in [2.45, 2.75) is 0 Å². The normalized spacial score (nSPS) is 12.0. The Morgan fingerprint density at radius 2 is 1.02 bits per heavy atom. The van der Waals surface area contributed by atoms with E-state index in [0.29, 0.717) is 5.89 Å². The second kappa shape index (κ2) is 9.25. The molecule has 0 fully saturated rings. The molecule has 45 heavy (non-hydrogen) atoms. The van der Waals surface area contributed by atoms with Crippen LogP contribution in [0, 0.1) is 0 Å². The molecule has 0 spiro atoms. The van der Waals surface area contributed by atoms with Gasteiger partial charge in [-0.15, -0.1) is 0 Å². The molecule has 1 aromatic heterocycles. The average Bonchev–Trinajstić information content (AvgIpc) is 3.69. The topological polar surface area (TPSA) is 26.0 Å². The Kier molecular flexibility index (Phi) is 5.03. The second-order valence-corrected chi connectivity index (χ2v) is 11.9. The van der Waals surface area contributed by atoms with Crippen LogP contribution < -0.4 is 0 Å². The molecule has 8 aromatic carbocycles. The third kappa shape index (κ3) is 3.60. The van der Waals surface area contributed by atoms with Gasteiger partial charge in [-0.25, -0.2) is 4.98 Å². The number of benzene rings is 8. The van der Waals surface area contributed by atoms with Gasteiger partial charge in [0.2, 0.25) is 5.89 Å². The van der Waals surface area contributed by atoms with Crippen LogP contribution in [0.2, 0.25) is 0 Å². The summed E-state index contributed by atoms with van der Waals surface area (Å²) in [6.45, 7) is 0. The molecule has 0 amide bonds. The number of hydrogen-bond acceptors (Lipinski definition) is 2. The van der Waals surface area contributed by atoms with E-state index >= 15 is 0 Å². The second-order valence-electron chi connectivity index (χ2n) is 11.9. The standard InChI is InChI=1S/C43H25NO/c1-2-8-28(9-3-1)43-44-39-23-20-27-18-16-26-17-19-30(25-38(26)40(27)42(39)45-43)29-10-6-11-31(24-29)32-21-22-37-34-13-5-4-12-33(34)36-15-7-14-35(32)41(36)37/h1-25H. The van der Waals surface area contributed by atoms with E-state index in [2.05, 4.69) is 121 Å². The molecule has 9 aromatic rings. The maximum Gasteiger partial charge on any atom is 0.227 e. The Morgan fingerprint density at radius 1 is 0.378 bits per heavy atom. The van der Waals surface area contributed by atoms with Crippen LogP contribution in [-0.2, 0) is 0 Å². The molecule has 2 nitrogen and oxygen atoms in total. The molecular weight excluding hydrogens is 546 g/mol. The minimum Gasteiger partial charge on any atom is -0.435 e. The first kappa shape index (κ1) is 24.5. The average molecular weight is 572 g/mol. The van der Waals surface area contributed by atoms with Crippen LogP contribution in [0.5, 0.6) is 0 Å². The van der Waals surface area contributed by atoms with Crippen LogP contribution in [0.15, 0.2) is 156 Å². The SMILES string of the molecule is c1ccc(-c2nc3ccc4ccc5ccc(-c6cccc(-c7ccc8c9c(cccc79)-c7ccccc7-8)c6)cc5c4c3o2)cc1. The van der Waals surface area contributed by atoms with Crippen LogP contribution in [0.1, 0.15) is 0 Å². The quantitative estimate of drug-likeness (QED) is 0.197. The van der Waals surface area contributed by atoms with E-state index in [-0.39, 0.29) is 0 Å². The van der Waals surface area contributed by atoms with Gasteiger partial charge < -0.3 is 4.42 Å². The van der Waals surface area contributed by atoms with Crippen molar-refractivity contribution in [2.75, 3.05) is 0 Å². The summed E-state index contributed by atoms with van der Waals surface area (Å²) in [5.74, 6) is 0.646. The summed E-state index contributed by atoms with van der Waals surface area (Å²) < 4.78 is 6.48. The zero-order valence-electron chi connectivity index (χ0n) is 24.3. The molecule has 0 unspecified atom stereocenters. The van der Waals surface area contributed by atoms with Crippen LogP contribution in [0.25, 0.3) is 99.4 Å². The fraction of sp³-hybridized carbons (Fsp3) is 0. The first-order chi connectivity index (χ1) is 22.3. The lowest BCUT2D eigenvalue weighted by atomic mass is 9.92. The summed E-state index contributed by atoms with van der Waals surface area (Å²) in [6, 6.07) is 54.5. The van der Waals surface area contributed by atoms with E-state index < -0.39 is 0 Å². The van der Waals surface area contributed by atoms with Crippen molar-refractivity contribution in [1.82, 2.24) is 4.98 Å². The predicted octanol–water partition coefficient (Wildman–Crippen LogP) is 11.9. The Balaban J connectivity index is 1.14. The van der Waals surface area contributed by atoms with E-state index in [9.17, 15) is 0 Å². The maximum absolute atomic E-state index is 6.48. The lowest BCUT2D eigenvalue weighted by Crippen LogP contribution is -1.86. The predicted molar refractivity (Wildman–Crippen MR) is 187 cm³/mol. The molecule has 1 aliphatic rings. The van der Waals surface area contributed by atoms with Crippen molar-refractivity contribution in [2.24, 2.45) is 0 Å². The van der Waals surface area contributed by atoms with Crippen LogP contribution in [-0.4, -0.2) is 4.98 Å². The third-order valence-electron chi connectivity index (χ3n) is 9.43. The lowest BCUT2D eigenvalue weighted by molar-refractivity contribution is 0.623. The smallest absolute Gasteiger partial charge is 0.227 e. The van der Waals surface area contributed by atoms with Crippen molar-refractivity contribution in [3.05, 3.63) is 152 Å². The fourth-order valence-corrected chi connectivity index (χ4v) is 7.33. The number of rotatable bonds is 3. The third-order valence-corrected chi connectivity index (χ3v) is 9.43. The fourth-order valence-electron chi connectivity index (χ4n) is 7.33. The van der Waals surface area contributed by atoms with Gasteiger partial charge in [0, 0.05) is 10.9 Å². The number of hydrogen-bond donors (Lipinski definition) is 0. The molecule has 0 radical (unpaired) electrons. The number of aromatic nitrogens is 1. The molecule has 2 heteroatoms. The van der Waals surface area contributed by atoms with Gasteiger partial charge in [0.05, 0.1) is 0 Å². The van der Waals surface area contributed by atoms with Crippen LogP contribution in [0.3, 0.4) is 0 Å². The summed E-state index contributed by atoms with van der Waals surface area (Å²) in [6.07, 6.45) is 0. The summed E-state index contributed by atoms with van der Waals surface area (Å²) in [5.41, 5.74) is 12.8. The minimum absolute atomic E-state index is 0.646. The van der Waals surface area contributed by atoms with Gasteiger partial charge in [0.15, 0.2) is 5.58 Å². The van der Waals surface area contributed by atoms with Crippen molar-refractivity contribution in [3.63, 3.8) is 0 Å². The highest BCUT2D eigenvalue weighted by Gasteiger charge is 2.22. The van der Waals surface area contributed by atoms with Crippen molar-refractivity contribution >= 4 is 43.4 Å². The molecule has 0 bridgehead atoms. The monoisotopic (exact) mass is 571 g/mol. The molecule has 0 N–H and O–H groups in total. The zero-order chi connectivity index (χ0) is 29.5. The Hall–Kier alpha value is -5.99. The summed E-state index contributed by atoms with van der Waals surface area (Å²) >= 11 is 0. The molecule has 1 heterocycles. The van der Waals surface area contributed by atoms with Gasteiger partial charge in [0.25, 0.3) is 0 Å². The molecule has 208 valence electrons. The van der Waals surface area contributed by atoms with Crippen molar-refractivity contribution in [1.29, 1.82) is 0 Å². The van der Waals surface area contributed by atoms with E-state index in [1.165, 1.54) is 66.1 Å². The van der Waals surface area contributed by atoms with Gasteiger partial charge in [0.1, 0.15) is 5.52 Å². The summed E-state index contributed by atoms with van der Waals surface area (Å²) in [7, 11) is 0. The molecule has 0 atom stereocenters. The van der Waals surface area contributed by atoms with Gasteiger partial charge in [-0.1, -0.05) is 121 Å². The van der Waals surface area contributed by atoms with Gasteiger partial charge >= 0.3 is 0 Å². The first-order valence-electron chi connectivity index (χ1n) is 15.4. The Labute approximate surface area is 259 Å². The number of fused-ring (bicyclic) bond motifs is 8. The zero-order valence-corrected chi connectivity index (χ0v) is 24.3. The minimum atomic E-state index is 0.646. The summed E-state index contributed by atoms with van der Waals surface area (Å²) in [5, 5.41) is 7.24. The Bertz CT molecular complexity index is 2620. The van der Waals surface area contributed by atoms with E-state index in [0.717, 1.165) is 27.4 Å². The van der Waals surface area contributed by atoms with Crippen molar-refractivity contribution < 1.29 is 4.42 Å². The van der Waals surface area contributed by atoms with Gasteiger partial charge in [-0.05, 0) is 102 Å². The molecule has 1 aliphatic carbocycles. The van der Waals surface area contributed by atoms with Gasteiger partial charge in [-0.2, -0.15) is 0 Å². The van der Waals surface area contributed by atoms with E-state index in [1.54, 1.807) is 0 Å². The molecular formula is C43H25NO. The largest absolute Gasteiger partial charge is 0.435 e. The van der Waals surface area contributed by atoms with Crippen LogP contribution >= 0.6 is 0 Å². The molecule has 0 saturated carbocycles. The molecule has 10 rings (SSSR count). The highest BCUT2D eigenvalue weighted by Crippen LogP contribution is 2.49. The van der Waals surface area contributed by atoms with Crippen LogP contribution in [0.4, 0.5) is 0 Å². The van der Waals surface area contributed by atoms with E-state index in [4.69, 9.17) is 9.40 Å². The first-order valence-corrected chi connectivity index (χ1v) is 15.4. The molecule has 0 aliphatic heterocycles. The lowest BCUT2D eigenvalue weighted by Gasteiger charge is -2.12. The number of oxazole rings is 1. The highest BCUT2D eigenvalue weighted by molar-refractivity contribution is 6.20. The highest BCUT2D eigenvalue weighted by atomic mass is 16.3. The number of nitrogens with zero attached hydrogens (tertiary/aromatic N) is 1. The van der Waals surface area contributed by atoms with Gasteiger partial charge in [-0.3, -0.25) is 0 Å².